The van der Waals surface area contributed by atoms with Gasteiger partial charge in [-0.3, -0.25) is 4.79 Å². The highest BCUT2D eigenvalue weighted by Gasteiger charge is 2.12. The number of hydrogen-bond acceptors (Lipinski definition) is 4. The van der Waals surface area contributed by atoms with Crippen molar-refractivity contribution in [3.8, 4) is 0 Å². The number of rotatable bonds is 2. The van der Waals surface area contributed by atoms with E-state index in [1.807, 2.05) is 0 Å². The maximum atomic E-state index is 12.9. The molecule has 0 spiro atoms. The summed E-state index contributed by atoms with van der Waals surface area (Å²) >= 11 is 0. The summed E-state index contributed by atoms with van der Waals surface area (Å²) in [5, 5.41) is 2.49. The Labute approximate surface area is 96.5 Å². The minimum absolute atomic E-state index is 0.0179. The summed E-state index contributed by atoms with van der Waals surface area (Å²) in [5.41, 5.74) is 5.47. The normalized spacial score (nSPS) is 9.94. The fourth-order valence-corrected chi connectivity index (χ4v) is 1.25. The number of nitrogens with one attached hydrogen (secondary N) is 1. The number of aromatic nitrogens is 2. The Morgan fingerprint density at radius 2 is 2.18 bits per heavy atom. The zero-order chi connectivity index (χ0) is 12.3. The number of nitrogen functional groups attached to an aromatic ring is 1. The number of halogens is 1. The molecule has 0 saturated carbocycles. The van der Waals surface area contributed by atoms with Gasteiger partial charge in [0.05, 0.1) is 11.8 Å². The van der Waals surface area contributed by atoms with Crippen LogP contribution in [-0.2, 0) is 0 Å². The molecule has 2 heterocycles. The molecule has 3 N–H and O–H groups in total. The molecular weight excluding hydrogens is 223 g/mol. The molecule has 0 bridgehead atoms. The first-order chi connectivity index (χ1) is 8.16. The fraction of sp³-hybridized carbons (Fsp3) is 0. The van der Waals surface area contributed by atoms with Gasteiger partial charge in [0, 0.05) is 6.20 Å². The first kappa shape index (κ1) is 11.0. The van der Waals surface area contributed by atoms with Gasteiger partial charge in [-0.1, -0.05) is 6.07 Å². The highest BCUT2D eigenvalue weighted by atomic mass is 19.1. The number of anilines is 2. The maximum absolute atomic E-state index is 12.9. The highest BCUT2D eigenvalue weighted by molar-refractivity contribution is 6.06. The van der Waals surface area contributed by atoms with Crippen molar-refractivity contribution in [1.29, 1.82) is 0 Å². The molecule has 2 rings (SSSR count). The van der Waals surface area contributed by atoms with Crippen LogP contribution < -0.4 is 11.1 Å². The Bertz CT molecular complexity index is 544. The van der Waals surface area contributed by atoms with Gasteiger partial charge in [-0.2, -0.15) is 0 Å². The minimum atomic E-state index is -0.620. The molecule has 0 fully saturated rings. The van der Waals surface area contributed by atoms with Gasteiger partial charge in [0.1, 0.15) is 17.5 Å². The van der Waals surface area contributed by atoms with E-state index < -0.39 is 11.7 Å². The van der Waals surface area contributed by atoms with Crippen molar-refractivity contribution in [3.63, 3.8) is 0 Å². The lowest BCUT2D eigenvalue weighted by atomic mass is 10.2. The Morgan fingerprint density at radius 3 is 2.88 bits per heavy atom. The Balaban J connectivity index is 2.23. The molecule has 2 aromatic heterocycles. The molecule has 0 unspecified atom stereocenters. The number of nitrogens with zero attached hydrogens (tertiary/aromatic N) is 2. The van der Waals surface area contributed by atoms with Crippen molar-refractivity contribution in [2.24, 2.45) is 0 Å². The lowest BCUT2D eigenvalue weighted by Gasteiger charge is -2.05. The van der Waals surface area contributed by atoms with Crippen LogP contribution in [0.4, 0.5) is 16.0 Å². The second-order valence-corrected chi connectivity index (χ2v) is 3.26. The number of carbonyl (C=O) groups is 1. The minimum Gasteiger partial charge on any atom is -0.383 e. The van der Waals surface area contributed by atoms with Crippen molar-refractivity contribution in [3.05, 3.63) is 48.0 Å². The number of amides is 1. The summed E-state index contributed by atoms with van der Waals surface area (Å²) in [4.78, 5) is 19.2. The molecule has 0 aliphatic rings. The fourth-order valence-electron chi connectivity index (χ4n) is 1.25. The Kier molecular flexibility index (Phi) is 2.95. The monoisotopic (exact) mass is 232 g/mol. The quantitative estimate of drug-likeness (QED) is 0.821. The Morgan fingerprint density at radius 1 is 1.35 bits per heavy atom. The van der Waals surface area contributed by atoms with Crippen LogP contribution in [0.25, 0.3) is 0 Å². The average molecular weight is 232 g/mol. The second kappa shape index (κ2) is 4.56. The number of nitrogens with two attached hydrogens (primary N) is 1. The van der Waals surface area contributed by atoms with E-state index >= 15 is 0 Å². The smallest absolute Gasteiger partial charge is 0.260 e. The van der Waals surface area contributed by atoms with Crippen molar-refractivity contribution in [2.45, 2.75) is 0 Å². The lowest BCUT2D eigenvalue weighted by molar-refractivity contribution is 0.102. The van der Waals surface area contributed by atoms with Crippen LogP contribution in [0.5, 0.6) is 0 Å². The molecule has 0 aliphatic carbocycles. The van der Waals surface area contributed by atoms with Crippen molar-refractivity contribution in [2.75, 3.05) is 11.1 Å². The Hall–Kier alpha value is -2.50. The number of pyridine rings is 2. The standard InChI is InChI=1S/C11H9FN4O/c12-7-5-8(10(13)15-6-7)11(17)16-9-3-1-2-4-14-9/h1-6H,(H2,13,15)(H,14,16,17). The molecule has 0 radical (unpaired) electrons. The zero-order valence-corrected chi connectivity index (χ0v) is 8.72. The van der Waals surface area contributed by atoms with Crippen LogP contribution in [0.15, 0.2) is 36.7 Å². The van der Waals surface area contributed by atoms with E-state index in [-0.39, 0.29) is 11.4 Å². The molecule has 0 atom stereocenters. The van der Waals surface area contributed by atoms with E-state index in [9.17, 15) is 9.18 Å². The van der Waals surface area contributed by atoms with Gasteiger partial charge in [0.25, 0.3) is 5.91 Å². The third-order valence-corrected chi connectivity index (χ3v) is 2.04. The SMILES string of the molecule is Nc1ncc(F)cc1C(=O)Nc1ccccn1. The van der Waals surface area contributed by atoms with Crippen LogP contribution in [-0.4, -0.2) is 15.9 Å². The van der Waals surface area contributed by atoms with Crippen LogP contribution in [0, 0.1) is 5.82 Å². The number of hydrogen-bond donors (Lipinski definition) is 2. The molecule has 5 nitrogen and oxygen atoms in total. The summed E-state index contributed by atoms with van der Waals surface area (Å²) in [6.45, 7) is 0. The van der Waals surface area contributed by atoms with Gasteiger partial charge >= 0.3 is 0 Å². The second-order valence-electron chi connectivity index (χ2n) is 3.26. The molecule has 6 heteroatoms. The van der Waals surface area contributed by atoms with Crippen LogP contribution in [0.1, 0.15) is 10.4 Å². The lowest BCUT2D eigenvalue weighted by Crippen LogP contribution is -2.15. The summed E-state index contributed by atoms with van der Waals surface area (Å²) in [5.74, 6) is -0.834. The summed E-state index contributed by atoms with van der Waals surface area (Å²) in [7, 11) is 0. The summed E-state index contributed by atoms with van der Waals surface area (Å²) < 4.78 is 12.9. The average Bonchev–Trinajstić information content (AvgIpc) is 2.33. The zero-order valence-electron chi connectivity index (χ0n) is 8.72. The summed E-state index contributed by atoms with van der Waals surface area (Å²) in [6.07, 6.45) is 2.48. The van der Waals surface area contributed by atoms with Gasteiger partial charge in [-0.05, 0) is 18.2 Å². The van der Waals surface area contributed by atoms with Gasteiger partial charge < -0.3 is 11.1 Å². The van der Waals surface area contributed by atoms with E-state index in [2.05, 4.69) is 15.3 Å². The van der Waals surface area contributed by atoms with Gasteiger partial charge in [-0.25, -0.2) is 14.4 Å². The predicted molar refractivity (Wildman–Crippen MR) is 60.8 cm³/mol. The topological polar surface area (TPSA) is 80.9 Å². The van der Waals surface area contributed by atoms with E-state index in [1.165, 1.54) is 6.20 Å². The van der Waals surface area contributed by atoms with Crippen molar-refractivity contribution in [1.82, 2.24) is 9.97 Å². The van der Waals surface area contributed by atoms with Crippen molar-refractivity contribution < 1.29 is 9.18 Å². The maximum Gasteiger partial charge on any atom is 0.260 e. The van der Waals surface area contributed by atoms with Gasteiger partial charge in [0.15, 0.2) is 0 Å². The van der Waals surface area contributed by atoms with Crippen molar-refractivity contribution >= 4 is 17.5 Å². The third kappa shape index (κ3) is 2.54. The molecule has 0 saturated heterocycles. The molecule has 2 aromatic rings. The number of carbonyl (C=O) groups excluding carboxylic acids is 1. The third-order valence-electron chi connectivity index (χ3n) is 2.04. The summed E-state index contributed by atoms with van der Waals surface area (Å²) in [6, 6.07) is 6.07. The van der Waals surface area contributed by atoms with E-state index in [0.29, 0.717) is 5.82 Å². The van der Waals surface area contributed by atoms with Crippen LogP contribution in [0.3, 0.4) is 0 Å². The molecule has 86 valence electrons. The first-order valence-electron chi connectivity index (χ1n) is 4.80. The molecule has 1 amide bonds. The van der Waals surface area contributed by atoms with Crippen LogP contribution >= 0.6 is 0 Å². The van der Waals surface area contributed by atoms with E-state index in [0.717, 1.165) is 12.3 Å². The largest absolute Gasteiger partial charge is 0.383 e. The molecular formula is C11H9FN4O. The highest BCUT2D eigenvalue weighted by Crippen LogP contribution is 2.12. The van der Waals surface area contributed by atoms with Gasteiger partial charge in [0.2, 0.25) is 0 Å². The molecule has 0 aliphatic heterocycles. The van der Waals surface area contributed by atoms with E-state index in [1.54, 1.807) is 18.2 Å². The predicted octanol–water partition coefficient (Wildman–Crippen LogP) is 1.45. The molecule has 0 aromatic carbocycles. The molecule has 17 heavy (non-hydrogen) atoms. The van der Waals surface area contributed by atoms with Crippen LogP contribution in [0.2, 0.25) is 0 Å². The first-order valence-corrected chi connectivity index (χ1v) is 4.80. The van der Waals surface area contributed by atoms with E-state index in [4.69, 9.17) is 5.73 Å². The van der Waals surface area contributed by atoms with Gasteiger partial charge in [-0.15, -0.1) is 0 Å².